The van der Waals surface area contributed by atoms with Crippen molar-refractivity contribution in [1.82, 2.24) is 4.57 Å². The van der Waals surface area contributed by atoms with Gasteiger partial charge in [0.05, 0.1) is 49.8 Å². The number of hydrogen-bond acceptors (Lipinski definition) is 9. The molecule has 0 radical (unpaired) electrons. The van der Waals surface area contributed by atoms with E-state index in [0.717, 1.165) is 18.7 Å². The molecular formula is C30H33N3O6S. The summed E-state index contributed by atoms with van der Waals surface area (Å²) in [6, 6.07) is 10.9. The molecule has 3 aromatic rings. The number of nitrogens with zero attached hydrogens (tertiary/aromatic N) is 3. The van der Waals surface area contributed by atoms with Crippen molar-refractivity contribution in [2.75, 3.05) is 45.9 Å². The molecule has 1 aromatic heterocycles. The van der Waals surface area contributed by atoms with Crippen LogP contribution in [0.1, 0.15) is 43.9 Å². The molecule has 0 bridgehead atoms. The summed E-state index contributed by atoms with van der Waals surface area (Å²) in [7, 11) is 4.57. The highest BCUT2D eigenvalue weighted by Crippen LogP contribution is 2.42. The van der Waals surface area contributed by atoms with E-state index in [2.05, 4.69) is 22.0 Å². The topological polar surface area (TPSA) is 91.6 Å². The Kier molecular flexibility index (Phi) is 7.97. The molecule has 2 aliphatic heterocycles. The number of allylic oxidation sites excluding steroid dienone is 1. The van der Waals surface area contributed by atoms with Gasteiger partial charge < -0.3 is 23.8 Å². The summed E-state index contributed by atoms with van der Waals surface area (Å²) < 4.78 is 24.1. The molecule has 1 atom stereocenters. The molecule has 40 heavy (non-hydrogen) atoms. The molecule has 0 N–H and O–H groups in total. The van der Waals surface area contributed by atoms with Crippen LogP contribution in [0, 0.1) is 0 Å². The zero-order valence-corrected chi connectivity index (χ0v) is 24.2. The van der Waals surface area contributed by atoms with Gasteiger partial charge in [-0.2, -0.15) is 0 Å². The molecule has 210 valence electrons. The molecule has 0 aliphatic carbocycles. The number of aromatic nitrogens is 1. The summed E-state index contributed by atoms with van der Waals surface area (Å²) in [5.41, 5.74) is 3.23. The number of methoxy groups -OCH3 is 3. The highest BCUT2D eigenvalue weighted by Gasteiger charge is 2.34. The Labute approximate surface area is 236 Å². The number of ether oxygens (including phenoxy) is 4. The third kappa shape index (κ3) is 4.99. The third-order valence-electron chi connectivity index (χ3n) is 7.18. The molecule has 0 saturated carbocycles. The predicted octanol–water partition coefficient (Wildman–Crippen LogP) is 3.42. The van der Waals surface area contributed by atoms with E-state index < -0.39 is 12.0 Å². The van der Waals surface area contributed by atoms with Crippen molar-refractivity contribution in [3.8, 4) is 17.2 Å². The second-order valence-corrected chi connectivity index (χ2v) is 10.6. The third-order valence-corrected chi connectivity index (χ3v) is 8.16. The molecule has 0 unspecified atom stereocenters. The number of anilines is 1. The molecule has 2 aliphatic rings. The van der Waals surface area contributed by atoms with Crippen molar-refractivity contribution in [1.29, 1.82) is 0 Å². The van der Waals surface area contributed by atoms with Crippen LogP contribution in [0.25, 0.3) is 6.08 Å². The minimum atomic E-state index is -0.802. The number of esters is 1. The van der Waals surface area contributed by atoms with Crippen LogP contribution >= 0.6 is 11.3 Å². The highest BCUT2D eigenvalue weighted by molar-refractivity contribution is 7.07. The monoisotopic (exact) mass is 563 g/mol. The zero-order chi connectivity index (χ0) is 28.4. The first-order chi connectivity index (χ1) is 19.4. The van der Waals surface area contributed by atoms with E-state index >= 15 is 0 Å². The number of fused-ring (bicyclic) bond motifs is 1. The fourth-order valence-corrected chi connectivity index (χ4v) is 6.32. The normalized spacial score (nSPS) is 17.0. The van der Waals surface area contributed by atoms with Crippen LogP contribution in [0.5, 0.6) is 17.2 Å². The molecular weight excluding hydrogens is 530 g/mol. The maximum atomic E-state index is 14.0. The Morgan fingerprint density at radius 1 is 1.05 bits per heavy atom. The predicted molar refractivity (Wildman–Crippen MR) is 154 cm³/mol. The van der Waals surface area contributed by atoms with Gasteiger partial charge in [-0.25, -0.2) is 9.79 Å². The van der Waals surface area contributed by atoms with Gasteiger partial charge in [0.2, 0.25) is 5.75 Å². The van der Waals surface area contributed by atoms with Crippen molar-refractivity contribution in [2.24, 2.45) is 4.99 Å². The van der Waals surface area contributed by atoms with Gasteiger partial charge in [-0.1, -0.05) is 23.5 Å². The first kappa shape index (κ1) is 27.5. The molecule has 10 heteroatoms. The van der Waals surface area contributed by atoms with E-state index in [1.807, 2.05) is 18.2 Å². The Morgan fingerprint density at radius 2 is 1.70 bits per heavy atom. The summed E-state index contributed by atoms with van der Waals surface area (Å²) in [5, 5.41) is 0. The number of carbonyl (C=O) groups excluding carboxylic acids is 1. The summed E-state index contributed by atoms with van der Waals surface area (Å²) >= 11 is 1.29. The molecule has 0 amide bonds. The fraction of sp³-hybridized carbons (Fsp3) is 0.367. The number of hydrogen-bond donors (Lipinski definition) is 0. The second-order valence-electron chi connectivity index (χ2n) is 9.55. The van der Waals surface area contributed by atoms with Gasteiger partial charge in [0.25, 0.3) is 5.56 Å². The van der Waals surface area contributed by atoms with Crippen molar-refractivity contribution >= 4 is 29.1 Å². The summed E-state index contributed by atoms with van der Waals surface area (Å²) in [4.78, 5) is 34.7. The van der Waals surface area contributed by atoms with Crippen molar-refractivity contribution in [3.63, 3.8) is 0 Å². The fourth-order valence-electron chi connectivity index (χ4n) is 5.27. The van der Waals surface area contributed by atoms with Gasteiger partial charge in [0.1, 0.15) is 0 Å². The molecule has 1 fully saturated rings. The van der Waals surface area contributed by atoms with Gasteiger partial charge in [0, 0.05) is 18.8 Å². The lowest BCUT2D eigenvalue weighted by atomic mass is 9.95. The molecule has 2 aromatic carbocycles. The SMILES string of the molecule is CCOC(=O)C1=C(C)N=c2s/c(=C/c3ccc(N4CCCC4)cc3)c(=O)n2[C@H]1c1cc(OC)c(OC)c(OC)c1. The zero-order valence-electron chi connectivity index (χ0n) is 23.4. The number of rotatable bonds is 8. The Hall–Kier alpha value is -4.05. The van der Waals surface area contributed by atoms with Crippen LogP contribution in [0.3, 0.4) is 0 Å². The van der Waals surface area contributed by atoms with E-state index in [-0.39, 0.29) is 17.7 Å². The first-order valence-corrected chi connectivity index (χ1v) is 14.1. The van der Waals surface area contributed by atoms with Gasteiger partial charge in [-0.05, 0) is 68.2 Å². The van der Waals surface area contributed by atoms with Gasteiger partial charge in [-0.15, -0.1) is 0 Å². The average molecular weight is 564 g/mol. The van der Waals surface area contributed by atoms with Crippen LogP contribution in [0.4, 0.5) is 5.69 Å². The average Bonchev–Trinajstić information content (AvgIpc) is 3.60. The van der Waals surface area contributed by atoms with E-state index in [4.69, 9.17) is 18.9 Å². The standard InChI is InChI=1S/C30H33N3O6S/c1-6-39-29(35)25-18(2)31-30-33(26(25)20-16-22(36-3)27(38-5)23(17-20)37-4)28(34)24(40-30)15-19-9-11-21(12-10-19)32-13-7-8-14-32/h9-12,15-17,26H,6-8,13-14H2,1-5H3/b24-15+/t26-/m0/s1. The van der Waals surface area contributed by atoms with Crippen LogP contribution in [-0.4, -0.2) is 51.6 Å². The lowest BCUT2D eigenvalue weighted by molar-refractivity contribution is -0.139. The smallest absolute Gasteiger partial charge is 0.338 e. The second kappa shape index (κ2) is 11.6. The van der Waals surface area contributed by atoms with Gasteiger partial charge in [-0.3, -0.25) is 9.36 Å². The van der Waals surface area contributed by atoms with Crippen LogP contribution in [0.2, 0.25) is 0 Å². The Morgan fingerprint density at radius 3 is 2.27 bits per heavy atom. The Bertz CT molecular complexity index is 1610. The van der Waals surface area contributed by atoms with Gasteiger partial charge in [0.15, 0.2) is 16.3 Å². The summed E-state index contributed by atoms with van der Waals surface area (Å²) in [6.07, 6.45) is 4.29. The van der Waals surface area contributed by atoms with Crippen LogP contribution in [0.15, 0.2) is 57.5 Å². The largest absolute Gasteiger partial charge is 0.493 e. The van der Waals surface area contributed by atoms with Crippen molar-refractivity contribution in [3.05, 3.63) is 78.5 Å². The summed E-state index contributed by atoms with van der Waals surface area (Å²) in [5.74, 6) is 0.705. The first-order valence-electron chi connectivity index (χ1n) is 13.2. The minimum absolute atomic E-state index is 0.190. The van der Waals surface area contributed by atoms with Crippen molar-refractivity contribution < 1.29 is 23.7 Å². The quantitative estimate of drug-likeness (QED) is 0.388. The van der Waals surface area contributed by atoms with E-state index in [0.29, 0.717) is 37.8 Å². The number of thiazole rings is 1. The molecule has 9 nitrogen and oxygen atoms in total. The maximum Gasteiger partial charge on any atom is 0.338 e. The summed E-state index contributed by atoms with van der Waals surface area (Å²) in [6.45, 7) is 5.83. The van der Waals surface area contributed by atoms with E-state index in [1.165, 1.54) is 51.2 Å². The van der Waals surface area contributed by atoms with E-state index in [9.17, 15) is 9.59 Å². The lowest BCUT2D eigenvalue weighted by Gasteiger charge is -2.26. The molecule has 0 spiro atoms. The Balaban J connectivity index is 1.66. The van der Waals surface area contributed by atoms with Crippen LogP contribution in [-0.2, 0) is 9.53 Å². The van der Waals surface area contributed by atoms with Crippen LogP contribution < -0.4 is 34.0 Å². The number of carbonyl (C=O) groups is 1. The molecule has 3 heterocycles. The number of benzene rings is 2. The van der Waals surface area contributed by atoms with E-state index in [1.54, 1.807) is 30.5 Å². The highest BCUT2D eigenvalue weighted by atomic mass is 32.1. The molecule has 1 saturated heterocycles. The van der Waals surface area contributed by atoms with Crippen molar-refractivity contribution in [2.45, 2.75) is 32.7 Å². The lowest BCUT2D eigenvalue weighted by Crippen LogP contribution is -2.40. The maximum absolute atomic E-state index is 14.0. The molecule has 5 rings (SSSR count). The van der Waals surface area contributed by atoms with Gasteiger partial charge >= 0.3 is 5.97 Å². The minimum Gasteiger partial charge on any atom is -0.493 e.